The van der Waals surface area contributed by atoms with Crippen molar-refractivity contribution in [3.8, 4) is 5.75 Å². The third-order valence-corrected chi connectivity index (χ3v) is 4.80. The van der Waals surface area contributed by atoms with Crippen molar-refractivity contribution in [1.29, 1.82) is 0 Å². The second-order valence-corrected chi connectivity index (χ2v) is 8.16. The summed E-state index contributed by atoms with van der Waals surface area (Å²) < 4.78 is 12.7. The number of para-hydroxylation sites is 2. The largest absolute Gasteiger partial charge is 0.495 e. The SMILES string of the molecule is COc1ccccc1NC(=O)N1CCN(C(=O)OC(C)(C)C)C[C@@H]1c1nccn1C. The van der Waals surface area contributed by atoms with Gasteiger partial charge < -0.3 is 29.2 Å². The molecule has 0 radical (unpaired) electrons. The number of imidazole rings is 1. The first-order chi connectivity index (χ1) is 14.2. The highest BCUT2D eigenvalue weighted by atomic mass is 16.6. The first kappa shape index (κ1) is 21.5. The molecule has 1 N–H and O–H groups in total. The number of ether oxygens (including phenoxy) is 2. The zero-order chi connectivity index (χ0) is 21.9. The van der Waals surface area contributed by atoms with Gasteiger partial charge in [-0.05, 0) is 32.9 Å². The fourth-order valence-electron chi connectivity index (χ4n) is 3.37. The van der Waals surface area contributed by atoms with E-state index in [1.54, 1.807) is 35.2 Å². The molecule has 0 spiro atoms. The number of rotatable bonds is 3. The summed E-state index contributed by atoms with van der Waals surface area (Å²) in [4.78, 5) is 33.5. The molecule has 30 heavy (non-hydrogen) atoms. The molecule has 1 aromatic heterocycles. The Morgan fingerprint density at radius 2 is 1.93 bits per heavy atom. The summed E-state index contributed by atoms with van der Waals surface area (Å²) in [5.41, 5.74) is -0.00748. The molecule has 2 heterocycles. The fraction of sp³-hybridized carbons (Fsp3) is 0.476. The number of aromatic nitrogens is 2. The van der Waals surface area contributed by atoms with E-state index in [9.17, 15) is 9.59 Å². The molecule has 0 saturated carbocycles. The lowest BCUT2D eigenvalue weighted by atomic mass is 10.1. The summed E-state index contributed by atoms with van der Waals surface area (Å²) in [5.74, 6) is 1.27. The molecule has 1 aliphatic heterocycles. The summed E-state index contributed by atoms with van der Waals surface area (Å²) in [7, 11) is 3.42. The molecule has 3 amide bonds. The molecule has 9 heteroatoms. The van der Waals surface area contributed by atoms with Crippen molar-refractivity contribution in [2.45, 2.75) is 32.4 Å². The van der Waals surface area contributed by atoms with E-state index in [0.29, 0.717) is 36.9 Å². The number of benzene rings is 1. The third-order valence-electron chi connectivity index (χ3n) is 4.80. The number of nitrogens with zero attached hydrogens (tertiary/aromatic N) is 4. The molecule has 3 rings (SSSR count). The highest BCUT2D eigenvalue weighted by molar-refractivity contribution is 5.91. The van der Waals surface area contributed by atoms with Gasteiger partial charge in [0.1, 0.15) is 23.2 Å². The predicted octanol–water partition coefficient (Wildman–Crippen LogP) is 3.25. The van der Waals surface area contributed by atoms with Crippen LogP contribution >= 0.6 is 0 Å². The Kier molecular flexibility index (Phi) is 6.19. The molecule has 1 saturated heterocycles. The van der Waals surface area contributed by atoms with Gasteiger partial charge in [0.25, 0.3) is 0 Å². The summed E-state index contributed by atoms with van der Waals surface area (Å²) in [5, 5.41) is 2.92. The van der Waals surface area contributed by atoms with Gasteiger partial charge in [-0.2, -0.15) is 0 Å². The highest BCUT2D eigenvalue weighted by Crippen LogP contribution is 2.28. The van der Waals surface area contributed by atoms with Gasteiger partial charge in [-0.3, -0.25) is 0 Å². The molecule has 9 nitrogen and oxygen atoms in total. The zero-order valence-electron chi connectivity index (χ0n) is 18.1. The number of anilines is 1. The van der Waals surface area contributed by atoms with Crippen molar-refractivity contribution in [2.75, 3.05) is 32.1 Å². The van der Waals surface area contributed by atoms with Crippen LogP contribution in [0.1, 0.15) is 32.6 Å². The molecule has 1 aliphatic rings. The molecular weight excluding hydrogens is 386 g/mol. The number of methoxy groups -OCH3 is 1. The lowest BCUT2D eigenvalue weighted by molar-refractivity contribution is 0.00862. The van der Waals surface area contributed by atoms with Gasteiger partial charge in [0.05, 0.1) is 19.3 Å². The minimum absolute atomic E-state index is 0.281. The van der Waals surface area contributed by atoms with Crippen LogP contribution in [0.4, 0.5) is 15.3 Å². The molecule has 1 fully saturated rings. The normalized spacial score (nSPS) is 16.9. The van der Waals surface area contributed by atoms with Crippen molar-refractivity contribution >= 4 is 17.8 Å². The van der Waals surface area contributed by atoms with Crippen LogP contribution in [0.3, 0.4) is 0 Å². The van der Waals surface area contributed by atoms with Gasteiger partial charge in [-0.15, -0.1) is 0 Å². The standard InChI is InChI=1S/C21H29N5O4/c1-21(2,3)30-20(28)25-12-13-26(16(14-25)18-22-10-11-24(18)4)19(27)23-15-8-6-7-9-17(15)29-5/h6-11,16H,12-14H2,1-5H3,(H,23,27)/t16-/m1/s1. The van der Waals surface area contributed by atoms with Crippen LogP contribution in [0.25, 0.3) is 0 Å². The summed E-state index contributed by atoms with van der Waals surface area (Å²) in [6.07, 6.45) is 3.10. The molecule has 0 unspecified atom stereocenters. The Morgan fingerprint density at radius 1 is 1.20 bits per heavy atom. The van der Waals surface area contributed by atoms with E-state index in [1.165, 1.54) is 0 Å². The van der Waals surface area contributed by atoms with E-state index >= 15 is 0 Å². The maximum atomic E-state index is 13.1. The van der Waals surface area contributed by atoms with E-state index in [1.807, 2.05) is 50.7 Å². The van der Waals surface area contributed by atoms with Crippen molar-refractivity contribution in [1.82, 2.24) is 19.4 Å². The maximum Gasteiger partial charge on any atom is 0.410 e. The van der Waals surface area contributed by atoms with E-state index in [0.717, 1.165) is 0 Å². The highest BCUT2D eigenvalue weighted by Gasteiger charge is 2.37. The fourth-order valence-corrected chi connectivity index (χ4v) is 3.37. The number of piperazine rings is 1. The van der Waals surface area contributed by atoms with E-state index < -0.39 is 17.7 Å². The average molecular weight is 415 g/mol. The Morgan fingerprint density at radius 3 is 2.57 bits per heavy atom. The number of urea groups is 1. The van der Waals surface area contributed by atoms with Crippen molar-refractivity contribution in [2.24, 2.45) is 7.05 Å². The van der Waals surface area contributed by atoms with Gasteiger partial charge in [-0.1, -0.05) is 12.1 Å². The van der Waals surface area contributed by atoms with Gasteiger partial charge in [0.2, 0.25) is 0 Å². The lowest BCUT2D eigenvalue weighted by Crippen LogP contribution is -2.54. The van der Waals surface area contributed by atoms with E-state index in [2.05, 4.69) is 10.3 Å². The second-order valence-electron chi connectivity index (χ2n) is 8.16. The number of amides is 3. The molecule has 2 aromatic rings. The summed E-state index contributed by atoms with van der Waals surface area (Å²) in [6, 6.07) is 6.53. The lowest BCUT2D eigenvalue weighted by Gasteiger charge is -2.41. The van der Waals surface area contributed by atoms with Crippen LogP contribution in [0.5, 0.6) is 5.75 Å². The number of hydrogen-bond acceptors (Lipinski definition) is 5. The van der Waals surface area contributed by atoms with Gasteiger partial charge in [-0.25, -0.2) is 14.6 Å². The minimum Gasteiger partial charge on any atom is -0.495 e. The van der Waals surface area contributed by atoms with Crippen molar-refractivity contribution < 1.29 is 19.1 Å². The van der Waals surface area contributed by atoms with Crippen LogP contribution in [-0.4, -0.2) is 63.8 Å². The second kappa shape index (κ2) is 8.64. The van der Waals surface area contributed by atoms with Crippen LogP contribution in [0.15, 0.2) is 36.7 Å². The number of carbonyl (C=O) groups is 2. The Hall–Kier alpha value is -3.23. The van der Waals surface area contributed by atoms with Crippen LogP contribution in [-0.2, 0) is 11.8 Å². The maximum absolute atomic E-state index is 13.1. The van der Waals surface area contributed by atoms with E-state index in [-0.39, 0.29) is 6.03 Å². The minimum atomic E-state index is -0.589. The number of nitrogens with one attached hydrogen (secondary N) is 1. The number of aryl methyl sites for hydroxylation is 1. The average Bonchev–Trinajstić information content (AvgIpc) is 3.12. The van der Waals surface area contributed by atoms with Crippen LogP contribution in [0.2, 0.25) is 0 Å². The van der Waals surface area contributed by atoms with Gasteiger partial charge >= 0.3 is 12.1 Å². The summed E-state index contributed by atoms with van der Waals surface area (Å²) >= 11 is 0. The van der Waals surface area contributed by atoms with E-state index in [4.69, 9.17) is 9.47 Å². The smallest absolute Gasteiger partial charge is 0.410 e. The van der Waals surface area contributed by atoms with Gasteiger partial charge in [0.15, 0.2) is 0 Å². The third kappa shape index (κ3) is 4.84. The molecule has 0 aliphatic carbocycles. The molecule has 1 atom stereocenters. The molecule has 0 bridgehead atoms. The first-order valence-electron chi connectivity index (χ1n) is 9.85. The predicted molar refractivity (Wildman–Crippen MR) is 112 cm³/mol. The number of carbonyl (C=O) groups excluding carboxylic acids is 2. The molecule has 162 valence electrons. The Bertz CT molecular complexity index is 905. The molecular formula is C21H29N5O4. The quantitative estimate of drug-likeness (QED) is 0.831. The van der Waals surface area contributed by atoms with Crippen LogP contribution < -0.4 is 10.1 Å². The van der Waals surface area contributed by atoms with Crippen molar-refractivity contribution in [3.05, 3.63) is 42.5 Å². The summed E-state index contributed by atoms with van der Waals surface area (Å²) in [6.45, 7) is 6.50. The topological polar surface area (TPSA) is 88.9 Å². The Labute approximate surface area is 176 Å². The first-order valence-corrected chi connectivity index (χ1v) is 9.85. The number of hydrogen-bond donors (Lipinski definition) is 1. The van der Waals surface area contributed by atoms with Crippen molar-refractivity contribution in [3.63, 3.8) is 0 Å². The van der Waals surface area contributed by atoms with Gasteiger partial charge in [0, 0.05) is 32.5 Å². The Balaban J connectivity index is 1.82. The van der Waals surface area contributed by atoms with Crippen LogP contribution in [0, 0.1) is 0 Å². The monoisotopic (exact) mass is 415 g/mol. The zero-order valence-corrected chi connectivity index (χ0v) is 18.1. The molecule has 1 aromatic carbocycles.